The topological polar surface area (TPSA) is 55.6 Å². The summed E-state index contributed by atoms with van der Waals surface area (Å²) in [5.74, 6) is -0.439. The summed E-state index contributed by atoms with van der Waals surface area (Å²) in [5, 5.41) is 0. The molecule has 1 aliphatic heterocycles. The second kappa shape index (κ2) is 5.99. The number of fused-ring (bicyclic) bond motifs is 1. The van der Waals surface area contributed by atoms with Crippen LogP contribution in [-0.4, -0.2) is 30.6 Å². The minimum Gasteiger partial charge on any atom is -0.461 e. The van der Waals surface area contributed by atoms with Gasteiger partial charge in [0.1, 0.15) is 6.26 Å². The summed E-state index contributed by atoms with van der Waals surface area (Å²) >= 11 is 0. The molecular weight excluding hydrogens is 268 g/mol. The van der Waals surface area contributed by atoms with Gasteiger partial charge in [-0.2, -0.15) is 4.98 Å². The highest BCUT2D eigenvalue weighted by atomic mass is 16.5. The van der Waals surface area contributed by atoms with Crippen molar-refractivity contribution in [3.8, 4) is 0 Å². The number of nitrogens with zero attached hydrogens (tertiary/aromatic N) is 2. The predicted octanol–water partition coefficient (Wildman–Crippen LogP) is 2.46. The van der Waals surface area contributed by atoms with E-state index in [-0.39, 0.29) is 5.69 Å². The Hall–Kier alpha value is -2.30. The molecule has 0 fully saturated rings. The second-order valence-corrected chi connectivity index (χ2v) is 4.99. The number of hydrogen-bond acceptors (Lipinski definition) is 5. The van der Waals surface area contributed by atoms with Crippen LogP contribution in [0.15, 0.2) is 34.9 Å². The fourth-order valence-electron chi connectivity index (χ4n) is 2.57. The zero-order valence-electron chi connectivity index (χ0n) is 12.0. The molecule has 1 aliphatic rings. The molecule has 0 aliphatic carbocycles. The summed E-state index contributed by atoms with van der Waals surface area (Å²) in [7, 11) is 0. The zero-order chi connectivity index (χ0) is 14.7. The number of aromatic nitrogens is 1. The molecule has 0 atom stereocenters. The molecule has 0 amide bonds. The Morgan fingerprint density at radius 2 is 1.95 bits per heavy atom. The lowest BCUT2D eigenvalue weighted by atomic mass is 10.0. The van der Waals surface area contributed by atoms with Gasteiger partial charge in [0.15, 0.2) is 5.69 Å². The van der Waals surface area contributed by atoms with Crippen molar-refractivity contribution in [2.75, 3.05) is 24.6 Å². The van der Waals surface area contributed by atoms with Gasteiger partial charge in [0.05, 0.1) is 6.61 Å². The summed E-state index contributed by atoms with van der Waals surface area (Å²) < 4.78 is 10.4. The van der Waals surface area contributed by atoms with Crippen LogP contribution in [-0.2, 0) is 17.6 Å². The van der Waals surface area contributed by atoms with Crippen LogP contribution in [0.5, 0.6) is 0 Å². The number of oxazole rings is 1. The zero-order valence-corrected chi connectivity index (χ0v) is 12.0. The summed E-state index contributed by atoms with van der Waals surface area (Å²) in [6, 6.07) is 8.96. The Labute approximate surface area is 123 Å². The van der Waals surface area contributed by atoms with Gasteiger partial charge in [0, 0.05) is 13.1 Å². The van der Waals surface area contributed by atoms with E-state index in [9.17, 15) is 4.79 Å². The van der Waals surface area contributed by atoms with Gasteiger partial charge in [-0.3, -0.25) is 0 Å². The highest BCUT2D eigenvalue weighted by Gasteiger charge is 2.20. The van der Waals surface area contributed by atoms with Crippen LogP contribution in [0.25, 0.3) is 0 Å². The summed E-state index contributed by atoms with van der Waals surface area (Å²) in [6.45, 7) is 3.77. The Morgan fingerprint density at radius 3 is 2.57 bits per heavy atom. The van der Waals surface area contributed by atoms with Crippen molar-refractivity contribution in [2.24, 2.45) is 0 Å². The first-order chi connectivity index (χ1) is 10.3. The van der Waals surface area contributed by atoms with Gasteiger partial charge in [0.2, 0.25) is 0 Å². The van der Waals surface area contributed by atoms with Gasteiger partial charge in [-0.25, -0.2) is 4.79 Å². The molecule has 1 aromatic heterocycles. The van der Waals surface area contributed by atoms with Gasteiger partial charge in [-0.05, 0) is 30.9 Å². The van der Waals surface area contributed by atoms with Crippen LogP contribution in [0.3, 0.4) is 0 Å². The number of hydrogen-bond donors (Lipinski definition) is 0. The van der Waals surface area contributed by atoms with Gasteiger partial charge in [-0.15, -0.1) is 0 Å². The third-order valence-corrected chi connectivity index (χ3v) is 3.67. The van der Waals surface area contributed by atoms with Crippen LogP contribution in [0.2, 0.25) is 0 Å². The lowest BCUT2D eigenvalue weighted by molar-refractivity contribution is 0.0519. The number of carbonyl (C=O) groups is 1. The van der Waals surface area contributed by atoms with Crippen LogP contribution in [0.1, 0.15) is 28.5 Å². The molecular formula is C16H18N2O3. The summed E-state index contributed by atoms with van der Waals surface area (Å²) in [5.41, 5.74) is 2.97. The SMILES string of the molecule is CCOC(=O)c1coc(N2CCc3ccccc3CC2)n1. The van der Waals surface area contributed by atoms with E-state index < -0.39 is 5.97 Å². The molecule has 0 N–H and O–H groups in total. The molecule has 5 heteroatoms. The molecule has 0 bridgehead atoms. The van der Waals surface area contributed by atoms with E-state index >= 15 is 0 Å². The van der Waals surface area contributed by atoms with E-state index in [1.165, 1.54) is 17.4 Å². The van der Waals surface area contributed by atoms with Crippen molar-refractivity contribution in [3.63, 3.8) is 0 Å². The second-order valence-electron chi connectivity index (χ2n) is 4.99. The number of carbonyl (C=O) groups excluding carboxylic acids is 1. The normalized spacial score (nSPS) is 14.4. The highest BCUT2D eigenvalue weighted by Crippen LogP contribution is 2.20. The summed E-state index contributed by atoms with van der Waals surface area (Å²) in [4.78, 5) is 17.9. The molecule has 0 saturated carbocycles. The minimum absolute atomic E-state index is 0.230. The lowest BCUT2D eigenvalue weighted by Crippen LogP contribution is -2.26. The van der Waals surface area contributed by atoms with Crippen LogP contribution < -0.4 is 4.90 Å². The Bertz CT molecular complexity index is 609. The van der Waals surface area contributed by atoms with Crippen molar-refractivity contribution in [2.45, 2.75) is 19.8 Å². The van der Waals surface area contributed by atoms with E-state index in [0.717, 1.165) is 25.9 Å². The Balaban J connectivity index is 1.73. The number of esters is 1. The molecule has 21 heavy (non-hydrogen) atoms. The number of ether oxygens (including phenoxy) is 1. The van der Waals surface area contributed by atoms with Crippen molar-refractivity contribution in [3.05, 3.63) is 47.3 Å². The molecule has 0 radical (unpaired) electrons. The van der Waals surface area contributed by atoms with E-state index in [1.54, 1.807) is 6.92 Å². The van der Waals surface area contributed by atoms with Gasteiger partial charge < -0.3 is 14.1 Å². The smallest absolute Gasteiger partial charge is 0.360 e. The average molecular weight is 286 g/mol. The minimum atomic E-state index is -0.439. The van der Waals surface area contributed by atoms with Crippen molar-refractivity contribution in [1.29, 1.82) is 0 Å². The molecule has 0 saturated heterocycles. The quantitative estimate of drug-likeness (QED) is 0.811. The number of rotatable bonds is 3. The first-order valence-corrected chi connectivity index (χ1v) is 7.22. The van der Waals surface area contributed by atoms with E-state index in [0.29, 0.717) is 12.6 Å². The van der Waals surface area contributed by atoms with Gasteiger partial charge in [0.25, 0.3) is 6.01 Å². The first-order valence-electron chi connectivity index (χ1n) is 7.22. The van der Waals surface area contributed by atoms with E-state index in [1.807, 2.05) is 0 Å². The molecule has 3 rings (SSSR count). The maximum absolute atomic E-state index is 11.6. The van der Waals surface area contributed by atoms with E-state index in [4.69, 9.17) is 9.15 Å². The Kier molecular flexibility index (Phi) is 3.90. The third kappa shape index (κ3) is 2.91. The summed E-state index contributed by atoms with van der Waals surface area (Å²) in [6.07, 6.45) is 3.27. The number of anilines is 1. The van der Waals surface area contributed by atoms with Crippen LogP contribution in [0.4, 0.5) is 6.01 Å². The number of benzene rings is 1. The maximum Gasteiger partial charge on any atom is 0.360 e. The molecule has 2 heterocycles. The van der Waals surface area contributed by atoms with Gasteiger partial charge >= 0.3 is 5.97 Å². The van der Waals surface area contributed by atoms with Gasteiger partial charge in [-0.1, -0.05) is 24.3 Å². The average Bonchev–Trinajstić information content (AvgIpc) is 2.89. The highest BCUT2D eigenvalue weighted by molar-refractivity contribution is 5.87. The fourth-order valence-corrected chi connectivity index (χ4v) is 2.57. The fraction of sp³-hybridized carbons (Fsp3) is 0.375. The molecule has 5 nitrogen and oxygen atoms in total. The monoisotopic (exact) mass is 286 g/mol. The Morgan fingerprint density at radius 1 is 1.29 bits per heavy atom. The maximum atomic E-state index is 11.6. The molecule has 0 spiro atoms. The predicted molar refractivity (Wildman–Crippen MR) is 78.5 cm³/mol. The first kappa shape index (κ1) is 13.7. The van der Waals surface area contributed by atoms with Crippen LogP contribution >= 0.6 is 0 Å². The molecule has 110 valence electrons. The third-order valence-electron chi connectivity index (χ3n) is 3.67. The molecule has 1 aromatic carbocycles. The largest absolute Gasteiger partial charge is 0.461 e. The molecule has 2 aromatic rings. The van der Waals surface area contributed by atoms with Crippen LogP contribution in [0, 0.1) is 0 Å². The van der Waals surface area contributed by atoms with E-state index in [2.05, 4.69) is 34.1 Å². The molecule has 0 unspecified atom stereocenters. The lowest BCUT2D eigenvalue weighted by Gasteiger charge is -2.17. The van der Waals surface area contributed by atoms with Crippen molar-refractivity contribution >= 4 is 12.0 Å². The van der Waals surface area contributed by atoms with Crippen molar-refractivity contribution < 1.29 is 13.9 Å². The van der Waals surface area contributed by atoms with Crippen molar-refractivity contribution in [1.82, 2.24) is 4.98 Å². The standard InChI is InChI=1S/C16H18N2O3/c1-2-20-15(19)14-11-21-16(17-14)18-9-7-12-5-3-4-6-13(12)8-10-18/h3-6,11H,2,7-10H2,1H3.